The summed E-state index contributed by atoms with van der Waals surface area (Å²) in [6.07, 6.45) is 2.91. The Morgan fingerprint density at radius 3 is 2.61 bits per heavy atom. The largest absolute Gasteiger partial charge is 0.350 e. The standard InChI is InChI=1S/C11H9ClN4O2/c12-9-6-14-11(15-7-9)13-5-8-3-1-2-4-10(8)16(17)18/h1-4,6-7H,5H2,(H,13,14,15). The number of halogens is 1. The molecule has 1 N–H and O–H groups in total. The molecule has 1 aromatic heterocycles. The smallest absolute Gasteiger partial charge is 0.274 e. The van der Waals surface area contributed by atoms with Crippen molar-refractivity contribution in [3.8, 4) is 0 Å². The van der Waals surface area contributed by atoms with Crippen LogP contribution >= 0.6 is 11.6 Å². The van der Waals surface area contributed by atoms with Gasteiger partial charge in [-0.3, -0.25) is 10.1 Å². The fraction of sp³-hybridized carbons (Fsp3) is 0.0909. The topological polar surface area (TPSA) is 81.0 Å². The molecule has 0 spiro atoms. The van der Waals surface area contributed by atoms with E-state index in [4.69, 9.17) is 11.6 Å². The lowest BCUT2D eigenvalue weighted by molar-refractivity contribution is -0.385. The summed E-state index contributed by atoms with van der Waals surface area (Å²) < 4.78 is 0. The first kappa shape index (κ1) is 12.3. The Kier molecular flexibility index (Phi) is 3.69. The van der Waals surface area contributed by atoms with Crippen LogP contribution in [0.25, 0.3) is 0 Å². The van der Waals surface area contributed by atoms with Gasteiger partial charge in [0.2, 0.25) is 5.95 Å². The van der Waals surface area contributed by atoms with E-state index in [1.54, 1.807) is 18.2 Å². The number of nitro benzene ring substituents is 1. The Bertz CT molecular complexity index is 559. The number of anilines is 1. The molecule has 92 valence electrons. The SMILES string of the molecule is O=[N+]([O-])c1ccccc1CNc1ncc(Cl)cn1. The molecule has 6 nitrogen and oxygen atoms in total. The van der Waals surface area contributed by atoms with Crippen LogP contribution < -0.4 is 5.32 Å². The van der Waals surface area contributed by atoms with Crippen LogP contribution in [-0.4, -0.2) is 14.9 Å². The minimum Gasteiger partial charge on any atom is -0.350 e. The molecule has 7 heteroatoms. The Balaban J connectivity index is 2.10. The Morgan fingerprint density at radius 2 is 1.94 bits per heavy atom. The zero-order chi connectivity index (χ0) is 13.0. The zero-order valence-electron chi connectivity index (χ0n) is 9.21. The molecule has 1 heterocycles. The summed E-state index contributed by atoms with van der Waals surface area (Å²) in [5, 5.41) is 14.1. The van der Waals surface area contributed by atoms with Crippen LogP contribution in [0.3, 0.4) is 0 Å². The summed E-state index contributed by atoms with van der Waals surface area (Å²) in [5.74, 6) is 0.373. The fourth-order valence-electron chi connectivity index (χ4n) is 1.42. The van der Waals surface area contributed by atoms with Crippen molar-refractivity contribution in [3.05, 3.63) is 57.4 Å². The van der Waals surface area contributed by atoms with Crippen LogP contribution in [0.15, 0.2) is 36.7 Å². The first-order valence-corrected chi connectivity index (χ1v) is 5.48. The lowest BCUT2D eigenvalue weighted by Crippen LogP contribution is -2.05. The molecule has 0 fully saturated rings. The number of benzene rings is 1. The van der Waals surface area contributed by atoms with E-state index >= 15 is 0 Å². The van der Waals surface area contributed by atoms with Crippen molar-refractivity contribution in [2.45, 2.75) is 6.54 Å². The van der Waals surface area contributed by atoms with Crippen LogP contribution in [0.2, 0.25) is 5.02 Å². The lowest BCUT2D eigenvalue weighted by Gasteiger charge is -2.05. The molecule has 0 saturated carbocycles. The number of para-hydroxylation sites is 1. The van der Waals surface area contributed by atoms with E-state index in [0.29, 0.717) is 16.5 Å². The molecule has 1 aromatic carbocycles. The highest BCUT2D eigenvalue weighted by molar-refractivity contribution is 6.30. The van der Waals surface area contributed by atoms with E-state index in [1.165, 1.54) is 18.5 Å². The van der Waals surface area contributed by atoms with Gasteiger partial charge in [-0.05, 0) is 0 Å². The maximum atomic E-state index is 10.8. The summed E-state index contributed by atoms with van der Waals surface area (Å²) in [6.45, 7) is 0.277. The summed E-state index contributed by atoms with van der Waals surface area (Å²) in [6, 6.07) is 6.51. The zero-order valence-corrected chi connectivity index (χ0v) is 9.96. The summed E-state index contributed by atoms with van der Waals surface area (Å²) in [4.78, 5) is 18.3. The third-order valence-corrected chi connectivity index (χ3v) is 2.44. The first-order valence-electron chi connectivity index (χ1n) is 5.10. The number of rotatable bonds is 4. The van der Waals surface area contributed by atoms with Gasteiger partial charge in [-0.15, -0.1) is 0 Å². The van der Waals surface area contributed by atoms with Gasteiger partial charge in [-0.1, -0.05) is 29.8 Å². The predicted octanol–water partition coefficient (Wildman–Crippen LogP) is 2.65. The first-order chi connectivity index (χ1) is 8.66. The van der Waals surface area contributed by atoms with Gasteiger partial charge in [0.1, 0.15) is 0 Å². The minimum absolute atomic E-state index is 0.0685. The third kappa shape index (κ3) is 2.92. The van der Waals surface area contributed by atoms with Crippen molar-refractivity contribution in [2.24, 2.45) is 0 Å². The van der Waals surface area contributed by atoms with Crippen molar-refractivity contribution in [1.82, 2.24) is 9.97 Å². The second-order valence-electron chi connectivity index (χ2n) is 3.46. The van der Waals surface area contributed by atoms with E-state index in [1.807, 2.05) is 0 Å². The highest BCUT2D eigenvalue weighted by atomic mass is 35.5. The van der Waals surface area contributed by atoms with E-state index in [0.717, 1.165) is 0 Å². The molecule has 0 aliphatic carbocycles. The molecule has 0 bridgehead atoms. The molecule has 0 saturated heterocycles. The van der Waals surface area contributed by atoms with Crippen LogP contribution in [0.1, 0.15) is 5.56 Å². The van der Waals surface area contributed by atoms with Gasteiger partial charge >= 0.3 is 0 Å². The summed E-state index contributed by atoms with van der Waals surface area (Å²) in [5.41, 5.74) is 0.639. The fourth-order valence-corrected chi connectivity index (χ4v) is 1.51. The highest BCUT2D eigenvalue weighted by Gasteiger charge is 2.11. The molecule has 0 radical (unpaired) electrons. The normalized spacial score (nSPS) is 10.1. The number of nitro groups is 1. The number of aromatic nitrogens is 2. The summed E-state index contributed by atoms with van der Waals surface area (Å²) in [7, 11) is 0. The van der Waals surface area contributed by atoms with Gasteiger partial charge in [0.25, 0.3) is 5.69 Å². The number of hydrogen-bond donors (Lipinski definition) is 1. The average Bonchev–Trinajstić information content (AvgIpc) is 2.38. The van der Waals surface area contributed by atoms with Crippen LogP contribution in [0, 0.1) is 10.1 Å². The van der Waals surface area contributed by atoms with E-state index in [2.05, 4.69) is 15.3 Å². The second-order valence-corrected chi connectivity index (χ2v) is 3.90. The Hall–Kier alpha value is -2.21. The van der Waals surface area contributed by atoms with Gasteiger partial charge < -0.3 is 5.32 Å². The van der Waals surface area contributed by atoms with Crippen LogP contribution in [0.4, 0.5) is 11.6 Å². The van der Waals surface area contributed by atoms with Gasteiger partial charge in [-0.2, -0.15) is 0 Å². The maximum absolute atomic E-state index is 10.8. The second kappa shape index (κ2) is 5.42. The van der Waals surface area contributed by atoms with Crippen molar-refractivity contribution in [2.75, 3.05) is 5.32 Å². The monoisotopic (exact) mass is 264 g/mol. The van der Waals surface area contributed by atoms with Gasteiger partial charge in [-0.25, -0.2) is 9.97 Å². The van der Waals surface area contributed by atoms with Crippen molar-refractivity contribution in [1.29, 1.82) is 0 Å². The van der Waals surface area contributed by atoms with Gasteiger partial charge in [0, 0.05) is 18.2 Å². The van der Waals surface area contributed by atoms with Gasteiger partial charge in [0.05, 0.1) is 22.3 Å². The molecule has 2 aromatic rings. The van der Waals surface area contributed by atoms with Crippen molar-refractivity contribution >= 4 is 23.2 Å². The number of hydrogen-bond acceptors (Lipinski definition) is 5. The molecular formula is C11H9ClN4O2. The maximum Gasteiger partial charge on any atom is 0.274 e. The Morgan fingerprint density at radius 1 is 1.28 bits per heavy atom. The molecular weight excluding hydrogens is 256 g/mol. The molecule has 0 unspecified atom stereocenters. The molecule has 2 rings (SSSR count). The average molecular weight is 265 g/mol. The Labute approximate surface area is 108 Å². The number of nitrogens with zero attached hydrogens (tertiary/aromatic N) is 3. The van der Waals surface area contributed by atoms with E-state index < -0.39 is 4.92 Å². The van der Waals surface area contributed by atoms with Crippen molar-refractivity contribution in [3.63, 3.8) is 0 Å². The molecule has 0 aliphatic rings. The molecule has 0 atom stereocenters. The van der Waals surface area contributed by atoms with Crippen molar-refractivity contribution < 1.29 is 4.92 Å². The molecule has 0 aliphatic heterocycles. The third-order valence-electron chi connectivity index (χ3n) is 2.25. The quantitative estimate of drug-likeness (QED) is 0.678. The molecule has 18 heavy (non-hydrogen) atoms. The van der Waals surface area contributed by atoms with Gasteiger partial charge in [0.15, 0.2) is 0 Å². The minimum atomic E-state index is -0.417. The van der Waals surface area contributed by atoms with E-state index in [-0.39, 0.29) is 12.2 Å². The molecule has 0 amide bonds. The highest BCUT2D eigenvalue weighted by Crippen LogP contribution is 2.18. The van der Waals surface area contributed by atoms with Crippen LogP contribution in [-0.2, 0) is 6.54 Å². The van der Waals surface area contributed by atoms with E-state index in [9.17, 15) is 10.1 Å². The predicted molar refractivity (Wildman–Crippen MR) is 67.5 cm³/mol. The lowest BCUT2D eigenvalue weighted by atomic mass is 10.2. The number of nitrogens with one attached hydrogen (secondary N) is 1. The van der Waals surface area contributed by atoms with Crippen LogP contribution in [0.5, 0.6) is 0 Å². The summed E-state index contributed by atoms with van der Waals surface area (Å²) >= 11 is 5.65.